The molecular formula is C17H24Si. The van der Waals surface area contributed by atoms with Crippen molar-refractivity contribution in [3.05, 3.63) is 51.2 Å². The van der Waals surface area contributed by atoms with Crippen LogP contribution in [0.1, 0.15) is 38.8 Å². The Labute approximate surface area is 114 Å². The first-order chi connectivity index (χ1) is 8.43. The van der Waals surface area contributed by atoms with Gasteiger partial charge in [-0.15, -0.1) is 0 Å². The van der Waals surface area contributed by atoms with Crippen molar-refractivity contribution in [3.63, 3.8) is 0 Å². The zero-order chi connectivity index (χ0) is 13.4. The van der Waals surface area contributed by atoms with E-state index in [1.807, 2.05) is 0 Å². The van der Waals surface area contributed by atoms with Crippen molar-refractivity contribution in [2.45, 2.75) is 41.5 Å². The molecule has 1 unspecified atom stereocenters. The van der Waals surface area contributed by atoms with E-state index < -0.39 is 0 Å². The molecule has 1 heteroatoms. The topological polar surface area (TPSA) is 0 Å². The van der Waals surface area contributed by atoms with Gasteiger partial charge in [0, 0.05) is 0 Å². The molecule has 0 saturated heterocycles. The van der Waals surface area contributed by atoms with Crippen molar-refractivity contribution in [3.8, 4) is 0 Å². The van der Waals surface area contributed by atoms with Crippen LogP contribution in [-0.4, -0.2) is 9.52 Å². The van der Waals surface area contributed by atoms with Crippen molar-refractivity contribution in [1.29, 1.82) is 0 Å². The van der Waals surface area contributed by atoms with Crippen LogP contribution in [-0.2, 0) is 0 Å². The predicted octanol–water partition coefficient (Wildman–Crippen LogP) is 3.36. The lowest BCUT2D eigenvalue weighted by molar-refractivity contribution is 0.856. The van der Waals surface area contributed by atoms with Gasteiger partial charge < -0.3 is 0 Å². The first-order valence-corrected chi connectivity index (χ1v) is 8.27. The maximum atomic E-state index is 2.38. The Balaban J connectivity index is 2.35. The summed E-state index contributed by atoms with van der Waals surface area (Å²) in [6.45, 7) is 13.8. The van der Waals surface area contributed by atoms with E-state index in [1.165, 1.54) is 16.7 Å². The average molecular weight is 256 g/mol. The van der Waals surface area contributed by atoms with Gasteiger partial charge in [0.05, 0.1) is 9.52 Å². The van der Waals surface area contributed by atoms with Crippen molar-refractivity contribution in [1.82, 2.24) is 0 Å². The second-order valence-corrected chi connectivity index (χ2v) is 7.59. The van der Waals surface area contributed by atoms with Crippen molar-refractivity contribution in [2.24, 2.45) is 5.92 Å². The summed E-state index contributed by atoms with van der Waals surface area (Å²) in [5.41, 5.74) is 7.65. The minimum Gasteiger partial charge on any atom is -0.0728 e. The molecule has 1 atom stereocenters. The summed E-state index contributed by atoms with van der Waals surface area (Å²) in [4.78, 5) is 0. The Bertz CT molecular complexity index is 547. The standard InChI is InChI=1S/C17H24Si/c1-10-8-7-9-16(11(10)2)18-17-14(5)12(3)13(4)15(17)6/h7-9,14H,18H2,1-6H3. The third-order valence-electron chi connectivity index (χ3n) is 4.91. The van der Waals surface area contributed by atoms with Crippen LogP contribution >= 0.6 is 0 Å². The molecule has 96 valence electrons. The van der Waals surface area contributed by atoms with Crippen LogP contribution in [0.25, 0.3) is 0 Å². The molecule has 2 rings (SSSR count). The Kier molecular flexibility index (Phi) is 3.63. The van der Waals surface area contributed by atoms with Crippen LogP contribution in [0.15, 0.2) is 40.1 Å². The van der Waals surface area contributed by atoms with E-state index in [-0.39, 0.29) is 9.52 Å². The Morgan fingerprint density at radius 2 is 1.61 bits per heavy atom. The van der Waals surface area contributed by atoms with Gasteiger partial charge in [-0.25, -0.2) is 0 Å². The van der Waals surface area contributed by atoms with Crippen LogP contribution < -0.4 is 5.19 Å². The fraction of sp³-hybridized carbons (Fsp3) is 0.412. The molecule has 1 aromatic rings. The molecule has 0 aliphatic heterocycles. The molecular weight excluding hydrogens is 232 g/mol. The van der Waals surface area contributed by atoms with Gasteiger partial charge in [-0.1, -0.05) is 46.7 Å². The van der Waals surface area contributed by atoms with Gasteiger partial charge in [0.2, 0.25) is 0 Å². The van der Waals surface area contributed by atoms with Crippen LogP contribution in [0, 0.1) is 19.8 Å². The molecule has 18 heavy (non-hydrogen) atoms. The van der Waals surface area contributed by atoms with E-state index in [0.717, 1.165) is 0 Å². The zero-order valence-corrected chi connectivity index (χ0v) is 13.9. The lowest BCUT2D eigenvalue weighted by Crippen LogP contribution is -2.23. The van der Waals surface area contributed by atoms with Gasteiger partial charge in [0.15, 0.2) is 0 Å². The fourth-order valence-corrected chi connectivity index (χ4v) is 5.29. The molecule has 0 saturated carbocycles. The highest BCUT2D eigenvalue weighted by atomic mass is 28.2. The van der Waals surface area contributed by atoms with Gasteiger partial charge in [-0.05, 0) is 57.2 Å². The number of hydrogen-bond acceptors (Lipinski definition) is 0. The zero-order valence-electron chi connectivity index (χ0n) is 12.5. The summed E-state index contributed by atoms with van der Waals surface area (Å²) < 4.78 is 0. The number of allylic oxidation sites excluding steroid dienone is 4. The highest BCUT2D eigenvalue weighted by molar-refractivity contribution is 6.62. The van der Waals surface area contributed by atoms with Gasteiger partial charge >= 0.3 is 0 Å². The molecule has 1 aliphatic carbocycles. The first-order valence-electron chi connectivity index (χ1n) is 6.86. The van der Waals surface area contributed by atoms with Crippen molar-refractivity contribution < 1.29 is 0 Å². The van der Waals surface area contributed by atoms with Crippen LogP contribution in [0.3, 0.4) is 0 Å². The highest BCUT2D eigenvalue weighted by Crippen LogP contribution is 2.35. The molecule has 0 N–H and O–H groups in total. The lowest BCUT2D eigenvalue weighted by Gasteiger charge is -2.15. The molecule has 0 fully saturated rings. The second-order valence-electron chi connectivity index (χ2n) is 5.72. The summed E-state index contributed by atoms with van der Waals surface area (Å²) in [7, 11) is -0.306. The van der Waals surface area contributed by atoms with Crippen molar-refractivity contribution >= 4 is 14.7 Å². The third kappa shape index (κ3) is 2.12. The van der Waals surface area contributed by atoms with Crippen LogP contribution in [0.2, 0.25) is 0 Å². The van der Waals surface area contributed by atoms with Crippen LogP contribution in [0.4, 0.5) is 0 Å². The van der Waals surface area contributed by atoms with Gasteiger partial charge in [-0.2, -0.15) is 0 Å². The lowest BCUT2D eigenvalue weighted by atomic mass is 10.1. The van der Waals surface area contributed by atoms with E-state index in [0.29, 0.717) is 5.92 Å². The maximum Gasteiger partial charge on any atom is 0.0839 e. The average Bonchev–Trinajstić information content (AvgIpc) is 2.52. The summed E-state index contributed by atoms with van der Waals surface area (Å²) >= 11 is 0. The van der Waals surface area contributed by atoms with Crippen LogP contribution in [0.5, 0.6) is 0 Å². The molecule has 0 spiro atoms. The molecule has 1 aliphatic rings. The minimum absolute atomic E-state index is 0.306. The number of rotatable bonds is 2. The van der Waals surface area contributed by atoms with Gasteiger partial charge in [-0.3, -0.25) is 0 Å². The first kappa shape index (κ1) is 13.4. The summed E-state index contributed by atoms with van der Waals surface area (Å²) in [5.74, 6) is 0.677. The van der Waals surface area contributed by atoms with Gasteiger partial charge in [0.25, 0.3) is 0 Å². The van der Waals surface area contributed by atoms with E-state index in [1.54, 1.807) is 21.5 Å². The third-order valence-corrected chi connectivity index (χ3v) is 7.58. The van der Waals surface area contributed by atoms with E-state index in [2.05, 4.69) is 59.7 Å². The van der Waals surface area contributed by atoms with E-state index in [4.69, 9.17) is 0 Å². The van der Waals surface area contributed by atoms with Gasteiger partial charge in [0.1, 0.15) is 0 Å². The SMILES string of the molecule is CC1=C(C)C(C)C([SiH2]c2cccc(C)c2C)=C1C. The van der Waals surface area contributed by atoms with E-state index in [9.17, 15) is 0 Å². The molecule has 1 aromatic carbocycles. The molecule has 0 aromatic heterocycles. The fourth-order valence-electron chi connectivity index (χ4n) is 2.94. The minimum atomic E-state index is -0.306. The maximum absolute atomic E-state index is 2.38. The van der Waals surface area contributed by atoms with E-state index >= 15 is 0 Å². The number of benzene rings is 1. The number of aryl methyl sites for hydroxylation is 1. The quantitative estimate of drug-likeness (QED) is 0.712. The Morgan fingerprint density at radius 1 is 0.944 bits per heavy atom. The number of hydrogen-bond donors (Lipinski definition) is 0. The summed E-state index contributed by atoms with van der Waals surface area (Å²) in [5, 5.41) is 3.37. The molecule has 0 amide bonds. The highest BCUT2D eigenvalue weighted by Gasteiger charge is 2.23. The summed E-state index contributed by atoms with van der Waals surface area (Å²) in [6, 6.07) is 6.78. The molecule has 0 heterocycles. The summed E-state index contributed by atoms with van der Waals surface area (Å²) in [6.07, 6.45) is 0. The molecule has 0 nitrogen and oxygen atoms in total. The van der Waals surface area contributed by atoms with Crippen molar-refractivity contribution in [2.75, 3.05) is 0 Å². The Hall–Kier alpha value is -1.08. The molecule has 0 radical (unpaired) electrons. The smallest absolute Gasteiger partial charge is 0.0728 e. The normalized spacial score (nSPS) is 20.7. The second kappa shape index (κ2) is 4.89. The monoisotopic (exact) mass is 256 g/mol. The Morgan fingerprint density at radius 3 is 2.17 bits per heavy atom. The molecule has 0 bridgehead atoms. The predicted molar refractivity (Wildman–Crippen MR) is 84.3 cm³/mol. The largest absolute Gasteiger partial charge is 0.0839 e.